The number of Topliss-reactive ketones (excluding diaryl/α,β-unsaturated/α-hetero) is 2. The van der Waals surface area contributed by atoms with Crippen molar-refractivity contribution in [1.29, 1.82) is 0 Å². The number of rotatable bonds is 3. The first-order valence-electron chi connectivity index (χ1n) is 3.62. The van der Waals surface area contributed by atoms with E-state index in [9.17, 15) is 9.59 Å². The molecule has 0 saturated carbocycles. The predicted molar refractivity (Wildman–Crippen MR) is 44.4 cm³/mol. The van der Waals surface area contributed by atoms with E-state index in [0.29, 0.717) is 12.0 Å². The van der Waals surface area contributed by atoms with Crippen molar-refractivity contribution in [3.05, 3.63) is 11.1 Å². The molecular weight excluding hydrogens is 140 g/mol. The van der Waals surface area contributed by atoms with Crippen LogP contribution in [0.2, 0.25) is 0 Å². The molecule has 0 N–H and O–H groups in total. The van der Waals surface area contributed by atoms with Crippen molar-refractivity contribution in [2.75, 3.05) is 0 Å². The topological polar surface area (TPSA) is 34.1 Å². The standard InChI is InChI=1S/C9H14O2/c1-6(5-7(2)10)8(3)9(4)11/h5H2,1-4H3/b8-6-. The summed E-state index contributed by atoms with van der Waals surface area (Å²) in [6.45, 7) is 6.61. The molecule has 2 heteroatoms. The molecule has 11 heavy (non-hydrogen) atoms. The van der Waals surface area contributed by atoms with Crippen molar-refractivity contribution in [2.45, 2.75) is 34.1 Å². The molecule has 2 nitrogen and oxygen atoms in total. The van der Waals surface area contributed by atoms with E-state index in [1.54, 1.807) is 6.92 Å². The van der Waals surface area contributed by atoms with E-state index in [4.69, 9.17) is 0 Å². The first-order chi connectivity index (χ1) is 4.95. The van der Waals surface area contributed by atoms with Crippen LogP contribution in [-0.4, -0.2) is 11.6 Å². The number of hydrogen-bond acceptors (Lipinski definition) is 2. The summed E-state index contributed by atoms with van der Waals surface area (Å²) in [4.78, 5) is 21.4. The van der Waals surface area contributed by atoms with E-state index in [2.05, 4.69) is 0 Å². The molecule has 0 heterocycles. The summed E-state index contributed by atoms with van der Waals surface area (Å²) in [6.07, 6.45) is 0.394. The summed E-state index contributed by atoms with van der Waals surface area (Å²) in [5.41, 5.74) is 1.59. The van der Waals surface area contributed by atoms with Crippen LogP contribution < -0.4 is 0 Å². The molecule has 0 radical (unpaired) electrons. The van der Waals surface area contributed by atoms with Gasteiger partial charge < -0.3 is 0 Å². The lowest BCUT2D eigenvalue weighted by Crippen LogP contribution is -1.99. The van der Waals surface area contributed by atoms with Gasteiger partial charge in [0.25, 0.3) is 0 Å². The molecule has 0 aliphatic rings. The van der Waals surface area contributed by atoms with Gasteiger partial charge >= 0.3 is 0 Å². The molecule has 62 valence electrons. The average Bonchev–Trinajstić information content (AvgIpc) is 1.84. The van der Waals surface area contributed by atoms with Crippen LogP contribution in [0.5, 0.6) is 0 Å². The molecule has 0 amide bonds. The fourth-order valence-corrected chi connectivity index (χ4v) is 0.807. The Morgan fingerprint density at radius 1 is 1.00 bits per heavy atom. The highest BCUT2D eigenvalue weighted by molar-refractivity contribution is 5.94. The first kappa shape index (κ1) is 10.1. The fraction of sp³-hybridized carbons (Fsp3) is 0.556. The summed E-state index contributed by atoms with van der Waals surface area (Å²) >= 11 is 0. The number of hydrogen-bond donors (Lipinski definition) is 0. The van der Waals surface area contributed by atoms with Crippen LogP contribution in [0.3, 0.4) is 0 Å². The minimum atomic E-state index is 0.0451. The molecule has 0 saturated heterocycles. The lowest BCUT2D eigenvalue weighted by molar-refractivity contribution is -0.116. The Balaban J connectivity index is 4.40. The minimum Gasteiger partial charge on any atom is -0.300 e. The van der Waals surface area contributed by atoms with Crippen LogP contribution in [0, 0.1) is 0 Å². The summed E-state index contributed by atoms with van der Waals surface area (Å²) in [7, 11) is 0. The van der Waals surface area contributed by atoms with Crippen LogP contribution in [-0.2, 0) is 9.59 Å². The molecule has 0 fully saturated rings. The third-order valence-electron chi connectivity index (χ3n) is 1.68. The molecule has 0 rings (SSSR count). The van der Waals surface area contributed by atoms with Gasteiger partial charge in [0.2, 0.25) is 0 Å². The second kappa shape index (κ2) is 4.06. The first-order valence-corrected chi connectivity index (χ1v) is 3.62. The van der Waals surface area contributed by atoms with Gasteiger partial charge in [-0.05, 0) is 33.3 Å². The van der Waals surface area contributed by atoms with Crippen molar-refractivity contribution in [2.24, 2.45) is 0 Å². The maximum atomic E-state index is 10.8. The number of carbonyl (C=O) groups is 2. The highest BCUT2D eigenvalue weighted by Crippen LogP contribution is 2.08. The van der Waals surface area contributed by atoms with Crippen molar-refractivity contribution < 1.29 is 9.59 Å². The predicted octanol–water partition coefficient (Wildman–Crippen LogP) is 1.89. The molecule has 0 atom stereocenters. The summed E-state index contributed by atoms with van der Waals surface area (Å²) in [5, 5.41) is 0. The van der Waals surface area contributed by atoms with E-state index in [-0.39, 0.29) is 11.6 Å². The Bertz CT molecular complexity index is 212. The third kappa shape index (κ3) is 3.71. The van der Waals surface area contributed by atoms with Gasteiger partial charge in [0.1, 0.15) is 5.78 Å². The van der Waals surface area contributed by atoms with Crippen LogP contribution in [0.1, 0.15) is 34.1 Å². The maximum absolute atomic E-state index is 10.8. The molecule has 0 aromatic carbocycles. The van der Waals surface area contributed by atoms with Crippen LogP contribution in [0.25, 0.3) is 0 Å². The minimum absolute atomic E-state index is 0.0451. The van der Waals surface area contributed by atoms with Gasteiger partial charge in [0.05, 0.1) is 0 Å². The van der Waals surface area contributed by atoms with Crippen LogP contribution >= 0.6 is 0 Å². The van der Waals surface area contributed by atoms with Gasteiger partial charge in [-0.3, -0.25) is 9.59 Å². The van der Waals surface area contributed by atoms with Gasteiger partial charge in [0.15, 0.2) is 5.78 Å². The molecule has 0 aromatic heterocycles. The van der Waals surface area contributed by atoms with E-state index in [1.165, 1.54) is 13.8 Å². The Labute approximate surface area is 67.3 Å². The fourth-order valence-electron chi connectivity index (χ4n) is 0.807. The summed E-state index contributed by atoms with van der Waals surface area (Å²) in [6, 6.07) is 0. The zero-order valence-electron chi connectivity index (χ0n) is 7.52. The molecule has 0 unspecified atom stereocenters. The quantitative estimate of drug-likeness (QED) is 0.582. The Morgan fingerprint density at radius 3 is 1.73 bits per heavy atom. The molecule has 0 aromatic rings. The van der Waals surface area contributed by atoms with Crippen LogP contribution in [0.4, 0.5) is 0 Å². The third-order valence-corrected chi connectivity index (χ3v) is 1.68. The zero-order valence-corrected chi connectivity index (χ0v) is 7.52. The number of allylic oxidation sites excluding steroid dienone is 2. The second-order valence-electron chi connectivity index (χ2n) is 2.84. The number of carbonyl (C=O) groups excluding carboxylic acids is 2. The van der Waals surface area contributed by atoms with Gasteiger partial charge in [-0.2, -0.15) is 0 Å². The molecule has 0 aliphatic heterocycles. The molecular formula is C9H14O2. The summed E-state index contributed by atoms with van der Waals surface area (Å²) < 4.78 is 0. The van der Waals surface area contributed by atoms with Crippen molar-refractivity contribution in [1.82, 2.24) is 0 Å². The number of ketones is 2. The summed E-state index contributed by atoms with van der Waals surface area (Å²) in [5.74, 6) is 0.145. The van der Waals surface area contributed by atoms with Crippen molar-refractivity contribution in [3.63, 3.8) is 0 Å². The average molecular weight is 154 g/mol. The van der Waals surface area contributed by atoms with E-state index < -0.39 is 0 Å². The lowest BCUT2D eigenvalue weighted by Gasteiger charge is -2.00. The van der Waals surface area contributed by atoms with Gasteiger partial charge in [-0.1, -0.05) is 5.57 Å². The lowest BCUT2D eigenvalue weighted by atomic mass is 10.0. The Kier molecular flexibility index (Phi) is 3.72. The smallest absolute Gasteiger partial charge is 0.155 e. The zero-order chi connectivity index (χ0) is 9.02. The second-order valence-corrected chi connectivity index (χ2v) is 2.84. The van der Waals surface area contributed by atoms with Crippen molar-refractivity contribution >= 4 is 11.6 Å². The van der Waals surface area contributed by atoms with E-state index in [1.807, 2.05) is 6.92 Å². The van der Waals surface area contributed by atoms with Gasteiger partial charge in [-0.25, -0.2) is 0 Å². The molecule has 0 spiro atoms. The normalized spacial score (nSPS) is 12.4. The highest BCUT2D eigenvalue weighted by Gasteiger charge is 2.03. The molecule has 0 bridgehead atoms. The van der Waals surface area contributed by atoms with E-state index >= 15 is 0 Å². The Hall–Kier alpha value is -0.920. The Morgan fingerprint density at radius 2 is 1.45 bits per heavy atom. The highest BCUT2D eigenvalue weighted by atomic mass is 16.1. The largest absolute Gasteiger partial charge is 0.300 e. The maximum Gasteiger partial charge on any atom is 0.155 e. The molecule has 0 aliphatic carbocycles. The van der Waals surface area contributed by atoms with Crippen LogP contribution in [0.15, 0.2) is 11.1 Å². The van der Waals surface area contributed by atoms with Gasteiger partial charge in [0, 0.05) is 6.42 Å². The SMILES string of the molecule is CC(=O)C/C(C)=C(/C)C(C)=O. The monoisotopic (exact) mass is 154 g/mol. The van der Waals surface area contributed by atoms with E-state index in [0.717, 1.165) is 5.57 Å². The van der Waals surface area contributed by atoms with Gasteiger partial charge in [-0.15, -0.1) is 0 Å². The van der Waals surface area contributed by atoms with Crippen molar-refractivity contribution in [3.8, 4) is 0 Å².